The molecule has 12 heavy (non-hydrogen) atoms. The number of furan rings is 1. The minimum absolute atomic E-state index is 0.0726. The van der Waals surface area contributed by atoms with E-state index >= 15 is 0 Å². The van der Waals surface area contributed by atoms with E-state index in [4.69, 9.17) is 0 Å². The molecule has 1 radical (unpaired) electrons. The van der Waals surface area contributed by atoms with Gasteiger partial charge in [0, 0.05) is 6.54 Å². The largest absolute Gasteiger partial charge is 0.431 e. The Hall–Kier alpha value is -1.45. The van der Waals surface area contributed by atoms with Crippen molar-refractivity contribution < 1.29 is 14.3 Å². The van der Waals surface area contributed by atoms with E-state index in [0.29, 0.717) is 6.54 Å². The van der Waals surface area contributed by atoms with Crippen molar-refractivity contribution in [2.24, 2.45) is 0 Å². The molecule has 0 atom stereocenters. The highest BCUT2D eigenvalue weighted by molar-refractivity contribution is 5.95. The standard InChI is InChI=1S/C8H10NO3/c1-2-4-9-7(10)6-3-5-12-8(6)11/h3,5H,2,4H2,1H3,(H,9,10). The van der Waals surface area contributed by atoms with Gasteiger partial charge in [-0.05, 0) is 12.5 Å². The molecule has 0 aromatic carbocycles. The van der Waals surface area contributed by atoms with Gasteiger partial charge in [-0.1, -0.05) is 6.92 Å². The first-order valence-corrected chi connectivity index (χ1v) is 3.78. The highest BCUT2D eigenvalue weighted by Gasteiger charge is 2.13. The number of rotatable bonds is 3. The SMILES string of the molecule is CCCNC(=O)c1ccoc1[O]. The lowest BCUT2D eigenvalue weighted by Gasteiger charge is -1.98. The summed E-state index contributed by atoms with van der Waals surface area (Å²) in [5.74, 6) is -0.945. The lowest BCUT2D eigenvalue weighted by Crippen LogP contribution is -2.23. The first-order valence-electron chi connectivity index (χ1n) is 3.78. The van der Waals surface area contributed by atoms with Crippen LogP contribution in [0.5, 0.6) is 5.95 Å². The molecule has 4 heteroatoms. The summed E-state index contributed by atoms with van der Waals surface area (Å²) in [5.41, 5.74) is 0.0726. The first-order chi connectivity index (χ1) is 5.75. The summed E-state index contributed by atoms with van der Waals surface area (Å²) in [5, 5.41) is 13.4. The van der Waals surface area contributed by atoms with E-state index < -0.39 is 5.95 Å². The van der Waals surface area contributed by atoms with Crippen LogP contribution in [0.2, 0.25) is 0 Å². The molecule has 1 amide bonds. The van der Waals surface area contributed by atoms with Gasteiger partial charge in [0.15, 0.2) is 0 Å². The molecule has 1 aromatic heterocycles. The van der Waals surface area contributed by atoms with Crippen molar-refractivity contribution in [2.75, 3.05) is 6.54 Å². The number of amides is 1. The molecule has 1 heterocycles. The fraction of sp³-hybridized carbons (Fsp3) is 0.375. The van der Waals surface area contributed by atoms with Crippen LogP contribution in [-0.2, 0) is 5.11 Å². The van der Waals surface area contributed by atoms with Crippen LogP contribution in [0.1, 0.15) is 23.7 Å². The van der Waals surface area contributed by atoms with E-state index in [1.165, 1.54) is 12.3 Å². The Labute approximate surface area is 70.2 Å². The number of hydrogen-bond acceptors (Lipinski definition) is 2. The van der Waals surface area contributed by atoms with Gasteiger partial charge in [-0.15, -0.1) is 0 Å². The topological polar surface area (TPSA) is 62.1 Å². The maximum absolute atomic E-state index is 11.1. The molecule has 1 aromatic rings. The summed E-state index contributed by atoms with van der Waals surface area (Å²) in [6.45, 7) is 2.51. The second-order valence-corrected chi connectivity index (χ2v) is 2.38. The molecule has 0 aliphatic heterocycles. The normalized spacial score (nSPS) is 9.75. The molecule has 0 fully saturated rings. The Morgan fingerprint density at radius 1 is 1.67 bits per heavy atom. The Balaban J connectivity index is 2.59. The lowest BCUT2D eigenvalue weighted by molar-refractivity contribution is 0.0945. The third kappa shape index (κ3) is 1.78. The van der Waals surface area contributed by atoms with Gasteiger partial charge < -0.3 is 9.73 Å². The first kappa shape index (κ1) is 8.64. The predicted molar refractivity (Wildman–Crippen MR) is 41.5 cm³/mol. The number of carbonyl (C=O) groups excluding carboxylic acids is 1. The number of hydrogen-bond donors (Lipinski definition) is 1. The molecule has 4 nitrogen and oxygen atoms in total. The summed E-state index contributed by atoms with van der Waals surface area (Å²) >= 11 is 0. The second-order valence-electron chi connectivity index (χ2n) is 2.38. The molecule has 0 saturated heterocycles. The molecule has 1 rings (SSSR count). The van der Waals surface area contributed by atoms with Crippen molar-refractivity contribution >= 4 is 5.91 Å². The van der Waals surface area contributed by atoms with E-state index in [9.17, 15) is 9.90 Å². The average Bonchev–Trinajstić information content (AvgIpc) is 2.47. The molecule has 0 unspecified atom stereocenters. The van der Waals surface area contributed by atoms with Gasteiger partial charge in [0.05, 0.1) is 6.26 Å². The van der Waals surface area contributed by atoms with Gasteiger partial charge in [0.25, 0.3) is 5.91 Å². The third-order valence-electron chi connectivity index (χ3n) is 1.41. The van der Waals surface area contributed by atoms with Crippen LogP contribution in [0.4, 0.5) is 0 Å². The minimum Gasteiger partial charge on any atom is -0.431 e. The molecular weight excluding hydrogens is 158 g/mol. The van der Waals surface area contributed by atoms with E-state index in [2.05, 4.69) is 9.73 Å². The highest BCUT2D eigenvalue weighted by Crippen LogP contribution is 2.17. The predicted octanol–water partition coefficient (Wildman–Crippen LogP) is 1.56. The van der Waals surface area contributed by atoms with Crippen LogP contribution in [0.25, 0.3) is 0 Å². The molecule has 1 N–H and O–H groups in total. The van der Waals surface area contributed by atoms with E-state index in [-0.39, 0.29) is 11.5 Å². The molecule has 0 aliphatic rings. The van der Waals surface area contributed by atoms with Crippen molar-refractivity contribution in [2.45, 2.75) is 13.3 Å². The van der Waals surface area contributed by atoms with Crippen molar-refractivity contribution in [1.82, 2.24) is 5.32 Å². The van der Waals surface area contributed by atoms with Crippen molar-refractivity contribution in [1.29, 1.82) is 0 Å². The molecule has 0 bridgehead atoms. The van der Waals surface area contributed by atoms with Crippen LogP contribution < -0.4 is 5.32 Å². The summed E-state index contributed by atoms with van der Waals surface area (Å²) in [4.78, 5) is 11.1. The summed E-state index contributed by atoms with van der Waals surface area (Å²) in [7, 11) is 0. The molecule has 65 valence electrons. The van der Waals surface area contributed by atoms with Crippen LogP contribution in [0.3, 0.4) is 0 Å². The Morgan fingerprint density at radius 2 is 2.42 bits per heavy atom. The Kier molecular flexibility index (Phi) is 2.74. The van der Waals surface area contributed by atoms with Crippen LogP contribution in [-0.4, -0.2) is 12.5 Å². The zero-order chi connectivity index (χ0) is 8.97. The van der Waals surface area contributed by atoms with Crippen LogP contribution >= 0.6 is 0 Å². The number of nitrogens with one attached hydrogen (secondary N) is 1. The summed E-state index contributed by atoms with van der Waals surface area (Å²) in [6, 6.07) is 1.37. The lowest BCUT2D eigenvalue weighted by atomic mass is 10.3. The van der Waals surface area contributed by atoms with Crippen LogP contribution in [0, 0.1) is 0 Å². The second kappa shape index (κ2) is 3.80. The maximum Gasteiger partial charge on any atom is 0.348 e. The Morgan fingerprint density at radius 3 is 2.92 bits per heavy atom. The van der Waals surface area contributed by atoms with Gasteiger partial charge >= 0.3 is 5.95 Å². The zero-order valence-electron chi connectivity index (χ0n) is 6.79. The molecule has 0 spiro atoms. The fourth-order valence-corrected chi connectivity index (χ4v) is 0.798. The fourth-order valence-electron chi connectivity index (χ4n) is 0.798. The minimum atomic E-state index is -0.580. The average molecular weight is 168 g/mol. The smallest absolute Gasteiger partial charge is 0.348 e. The van der Waals surface area contributed by atoms with Crippen molar-refractivity contribution in [3.8, 4) is 5.95 Å². The molecular formula is C8H10NO3. The monoisotopic (exact) mass is 168 g/mol. The Bertz CT molecular complexity index is 267. The third-order valence-corrected chi connectivity index (χ3v) is 1.41. The van der Waals surface area contributed by atoms with E-state index in [1.54, 1.807) is 0 Å². The molecule has 0 saturated carbocycles. The number of carbonyl (C=O) groups is 1. The zero-order valence-corrected chi connectivity index (χ0v) is 6.79. The van der Waals surface area contributed by atoms with Gasteiger partial charge in [0.1, 0.15) is 5.56 Å². The van der Waals surface area contributed by atoms with Crippen molar-refractivity contribution in [3.63, 3.8) is 0 Å². The van der Waals surface area contributed by atoms with Gasteiger partial charge in [-0.3, -0.25) is 4.79 Å². The molecule has 0 aliphatic carbocycles. The van der Waals surface area contributed by atoms with E-state index in [1.807, 2.05) is 6.92 Å². The summed E-state index contributed by atoms with van der Waals surface area (Å²) < 4.78 is 4.45. The maximum atomic E-state index is 11.1. The van der Waals surface area contributed by atoms with Gasteiger partial charge in [-0.25, -0.2) is 5.11 Å². The quantitative estimate of drug-likeness (QED) is 0.744. The highest BCUT2D eigenvalue weighted by atomic mass is 16.5. The van der Waals surface area contributed by atoms with Gasteiger partial charge in [0.2, 0.25) is 0 Å². The van der Waals surface area contributed by atoms with E-state index in [0.717, 1.165) is 6.42 Å². The van der Waals surface area contributed by atoms with Crippen LogP contribution in [0.15, 0.2) is 16.7 Å². The van der Waals surface area contributed by atoms with Crippen molar-refractivity contribution in [3.05, 3.63) is 17.9 Å². The summed E-state index contributed by atoms with van der Waals surface area (Å²) in [6.07, 6.45) is 2.06. The van der Waals surface area contributed by atoms with Gasteiger partial charge in [-0.2, -0.15) is 0 Å².